The van der Waals surface area contributed by atoms with Crippen molar-refractivity contribution in [3.63, 3.8) is 0 Å². The van der Waals surface area contributed by atoms with E-state index in [0.717, 1.165) is 25.0 Å². The molecule has 2 aromatic carbocycles. The Morgan fingerprint density at radius 1 is 1.21 bits per heavy atom. The van der Waals surface area contributed by atoms with E-state index < -0.39 is 34.0 Å². The summed E-state index contributed by atoms with van der Waals surface area (Å²) in [6.45, 7) is 3.42. The van der Waals surface area contributed by atoms with Gasteiger partial charge in [0.2, 0.25) is 0 Å². The Morgan fingerprint density at radius 3 is 2.64 bits per heavy atom. The van der Waals surface area contributed by atoms with Gasteiger partial charge in [-0.25, -0.2) is 13.2 Å². The van der Waals surface area contributed by atoms with Gasteiger partial charge in [0.25, 0.3) is 11.6 Å². The molecular weight excluding hydrogens is 375 g/mol. The molecule has 1 N–H and O–H groups in total. The lowest BCUT2D eigenvalue weighted by Gasteiger charge is -2.32. The number of nitro groups is 1. The van der Waals surface area contributed by atoms with Gasteiger partial charge in [0, 0.05) is 24.7 Å². The minimum Gasteiger partial charge on any atom is -0.366 e. The number of anilines is 2. The molecule has 0 bridgehead atoms. The number of rotatable bonds is 4. The molecule has 0 saturated carbocycles. The summed E-state index contributed by atoms with van der Waals surface area (Å²) in [5.41, 5.74) is -0.482. The Hall–Kier alpha value is -3.10. The van der Waals surface area contributed by atoms with Gasteiger partial charge in [-0.1, -0.05) is 6.92 Å². The number of nitro benzene ring substituents is 1. The lowest BCUT2D eigenvalue weighted by atomic mass is 9.99. The molecule has 0 aromatic heterocycles. The highest BCUT2D eigenvalue weighted by Gasteiger charge is 2.25. The fraction of sp³-hybridized carbons (Fsp3) is 0.316. The molecule has 2 aromatic rings. The molecule has 28 heavy (non-hydrogen) atoms. The first kappa shape index (κ1) is 19.7. The Kier molecular flexibility index (Phi) is 5.53. The number of hydrogen-bond donors (Lipinski definition) is 1. The van der Waals surface area contributed by atoms with Gasteiger partial charge in [0.1, 0.15) is 5.69 Å². The predicted octanol–water partition coefficient (Wildman–Crippen LogP) is 4.50. The number of piperidine rings is 1. The Balaban J connectivity index is 1.88. The number of carbonyl (C=O) groups excluding carboxylic acids is 1. The molecule has 0 aliphatic carbocycles. The molecule has 9 heteroatoms. The van der Waals surface area contributed by atoms with Crippen LogP contribution in [0.15, 0.2) is 30.3 Å². The Bertz CT molecular complexity index is 936. The van der Waals surface area contributed by atoms with Gasteiger partial charge < -0.3 is 10.2 Å². The summed E-state index contributed by atoms with van der Waals surface area (Å²) in [4.78, 5) is 25.2. The first-order valence-corrected chi connectivity index (χ1v) is 8.76. The smallest absolute Gasteiger partial charge is 0.293 e. The second-order valence-corrected chi connectivity index (χ2v) is 6.83. The van der Waals surface area contributed by atoms with E-state index in [9.17, 15) is 28.1 Å². The van der Waals surface area contributed by atoms with Gasteiger partial charge >= 0.3 is 0 Å². The number of halogens is 3. The van der Waals surface area contributed by atoms with Crippen molar-refractivity contribution in [2.24, 2.45) is 5.92 Å². The highest BCUT2D eigenvalue weighted by Crippen LogP contribution is 2.32. The van der Waals surface area contributed by atoms with Crippen LogP contribution in [0.2, 0.25) is 0 Å². The topological polar surface area (TPSA) is 75.5 Å². The third-order valence-electron chi connectivity index (χ3n) is 4.72. The molecule has 1 aliphatic rings. The fourth-order valence-corrected chi connectivity index (χ4v) is 3.30. The number of nitrogens with one attached hydrogen (secondary N) is 1. The zero-order valence-electron chi connectivity index (χ0n) is 15.0. The molecule has 6 nitrogen and oxygen atoms in total. The molecule has 1 aliphatic heterocycles. The van der Waals surface area contributed by atoms with Crippen molar-refractivity contribution >= 4 is 23.0 Å². The van der Waals surface area contributed by atoms with Crippen LogP contribution >= 0.6 is 0 Å². The van der Waals surface area contributed by atoms with Crippen molar-refractivity contribution < 1.29 is 22.9 Å². The normalized spacial score (nSPS) is 16.7. The molecule has 1 heterocycles. The zero-order valence-corrected chi connectivity index (χ0v) is 15.0. The molecule has 0 radical (unpaired) electrons. The van der Waals surface area contributed by atoms with Crippen LogP contribution in [0.4, 0.5) is 30.2 Å². The van der Waals surface area contributed by atoms with Gasteiger partial charge in [0.05, 0.1) is 10.6 Å². The quantitative estimate of drug-likeness (QED) is 0.471. The maximum atomic E-state index is 13.7. The summed E-state index contributed by atoms with van der Waals surface area (Å²) >= 11 is 0. The van der Waals surface area contributed by atoms with Crippen molar-refractivity contribution in [1.29, 1.82) is 0 Å². The van der Waals surface area contributed by atoms with Crippen molar-refractivity contribution in [2.45, 2.75) is 19.8 Å². The molecule has 1 atom stereocenters. The van der Waals surface area contributed by atoms with Gasteiger partial charge in [0.15, 0.2) is 17.5 Å². The van der Waals surface area contributed by atoms with Crippen LogP contribution in [-0.2, 0) is 0 Å². The highest BCUT2D eigenvalue weighted by molar-refractivity contribution is 6.05. The average molecular weight is 393 g/mol. The van der Waals surface area contributed by atoms with Crippen LogP contribution in [-0.4, -0.2) is 23.9 Å². The SMILES string of the molecule is C[C@H]1CCCN(c2ccc(C(=O)Nc3ccc(F)c(F)c3F)cc2[N+](=O)[O-])C1. The summed E-state index contributed by atoms with van der Waals surface area (Å²) in [5, 5.41) is 13.6. The van der Waals surface area contributed by atoms with E-state index >= 15 is 0 Å². The number of benzene rings is 2. The summed E-state index contributed by atoms with van der Waals surface area (Å²) in [6, 6.07) is 5.52. The minimum absolute atomic E-state index is 0.0929. The first-order chi connectivity index (χ1) is 13.3. The molecule has 1 fully saturated rings. The van der Waals surface area contributed by atoms with Gasteiger partial charge in [-0.3, -0.25) is 14.9 Å². The molecule has 148 valence electrons. The highest BCUT2D eigenvalue weighted by atomic mass is 19.2. The van der Waals surface area contributed by atoms with E-state index in [2.05, 4.69) is 12.2 Å². The minimum atomic E-state index is -1.71. The van der Waals surface area contributed by atoms with E-state index in [-0.39, 0.29) is 11.3 Å². The van der Waals surface area contributed by atoms with Crippen molar-refractivity contribution in [3.05, 3.63) is 63.5 Å². The largest absolute Gasteiger partial charge is 0.366 e. The van der Waals surface area contributed by atoms with E-state index in [1.807, 2.05) is 4.90 Å². The molecule has 1 amide bonds. The standard InChI is InChI=1S/C19H18F3N3O3/c1-11-3-2-8-24(10-11)15-7-4-12(9-16(15)25(27)28)19(26)23-14-6-5-13(20)17(21)18(14)22/h4-7,9,11H,2-3,8,10H2,1H3,(H,23,26)/t11-/m0/s1. The van der Waals surface area contributed by atoms with Gasteiger partial charge in [-0.15, -0.1) is 0 Å². The van der Waals surface area contributed by atoms with E-state index in [1.54, 1.807) is 0 Å². The van der Waals surface area contributed by atoms with E-state index in [0.29, 0.717) is 30.8 Å². The molecule has 3 rings (SSSR count). The lowest BCUT2D eigenvalue weighted by Crippen LogP contribution is -2.34. The predicted molar refractivity (Wildman–Crippen MR) is 98.0 cm³/mol. The second kappa shape index (κ2) is 7.87. The summed E-state index contributed by atoms with van der Waals surface area (Å²) in [5.74, 6) is -5.11. The monoisotopic (exact) mass is 393 g/mol. The maximum absolute atomic E-state index is 13.7. The van der Waals surface area contributed by atoms with E-state index in [4.69, 9.17) is 0 Å². The third-order valence-corrected chi connectivity index (χ3v) is 4.72. The summed E-state index contributed by atoms with van der Waals surface area (Å²) in [7, 11) is 0. The van der Waals surface area contributed by atoms with Gasteiger partial charge in [-0.2, -0.15) is 0 Å². The van der Waals surface area contributed by atoms with Crippen molar-refractivity contribution in [2.75, 3.05) is 23.3 Å². The fourth-order valence-electron chi connectivity index (χ4n) is 3.30. The van der Waals surface area contributed by atoms with Gasteiger partial charge in [-0.05, 0) is 43.0 Å². The third kappa shape index (κ3) is 3.92. The summed E-state index contributed by atoms with van der Waals surface area (Å²) in [6.07, 6.45) is 1.96. The van der Waals surface area contributed by atoms with Crippen LogP contribution in [0.1, 0.15) is 30.1 Å². The zero-order chi connectivity index (χ0) is 20.4. The molecule has 1 saturated heterocycles. The first-order valence-electron chi connectivity index (χ1n) is 8.76. The number of nitrogens with zero attached hydrogens (tertiary/aromatic N) is 2. The lowest BCUT2D eigenvalue weighted by molar-refractivity contribution is -0.384. The number of carbonyl (C=O) groups is 1. The Morgan fingerprint density at radius 2 is 1.96 bits per heavy atom. The van der Waals surface area contributed by atoms with Crippen LogP contribution in [0.3, 0.4) is 0 Å². The van der Waals surface area contributed by atoms with Crippen molar-refractivity contribution in [1.82, 2.24) is 0 Å². The molecular formula is C19H18F3N3O3. The summed E-state index contributed by atoms with van der Waals surface area (Å²) < 4.78 is 40.1. The average Bonchev–Trinajstić information content (AvgIpc) is 2.67. The number of hydrogen-bond acceptors (Lipinski definition) is 4. The van der Waals surface area contributed by atoms with E-state index in [1.165, 1.54) is 12.1 Å². The van der Waals surface area contributed by atoms with Crippen LogP contribution in [0.25, 0.3) is 0 Å². The number of amides is 1. The molecule has 0 unspecified atom stereocenters. The van der Waals surface area contributed by atoms with Crippen LogP contribution in [0.5, 0.6) is 0 Å². The second-order valence-electron chi connectivity index (χ2n) is 6.83. The van der Waals surface area contributed by atoms with Crippen LogP contribution in [0, 0.1) is 33.5 Å². The van der Waals surface area contributed by atoms with Crippen molar-refractivity contribution in [3.8, 4) is 0 Å². The van der Waals surface area contributed by atoms with Crippen LogP contribution < -0.4 is 10.2 Å². The Labute approximate surface area is 159 Å². The maximum Gasteiger partial charge on any atom is 0.293 e. The molecule has 0 spiro atoms.